The SMILES string of the molecule is c1ccc2c(c1)oc1c(-n3ccnc3)cccc12. The lowest BCUT2D eigenvalue weighted by Crippen LogP contribution is -1.89. The number of aromatic nitrogens is 2. The monoisotopic (exact) mass is 234 g/mol. The van der Waals surface area contributed by atoms with Gasteiger partial charge in [-0.25, -0.2) is 4.98 Å². The van der Waals surface area contributed by atoms with Crippen molar-refractivity contribution in [3.63, 3.8) is 0 Å². The average molecular weight is 234 g/mol. The molecule has 3 nitrogen and oxygen atoms in total. The van der Waals surface area contributed by atoms with Gasteiger partial charge in [0.2, 0.25) is 0 Å². The molecule has 4 aromatic rings. The minimum Gasteiger partial charge on any atom is -0.454 e. The summed E-state index contributed by atoms with van der Waals surface area (Å²) >= 11 is 0. The summed E-state index contributed by atoms with van der Waals surface area (Å²) in [6.45, 7) is 0. The molecule has 0 amide bonds. The van der Waals surface area contributed by atoms with Gasteiger partial charge in [0.05, 0.1) is 12.0 Å². The Kier molecular flexibility index (Phi) is 1.83. The summed E-state index contributed by atoms with van der Waals surface area (Å²) < 4.78 is 7.92. The van der Waals surface area contributed by atoms with Crippen molar-refractivity contribution < 1.29 is 4.42 Å². The second-order valence-electron chi connectivity index (χ2n) is 4.22. The molecule has 2 aromatic heterocycles. The molecule has 2 aromatic carbocycles. The first-order valence-corrected chi connectivity index (χ1v) is 5.82. The smallest absolute Gasteiger partial charge is 0.159 e. The highest BCUT2D eigenvalue weighted by Crippen LogP contribution is 2.32. The fraction of sp³-hybridized carbons (Fsp3) is 0. The highest BCUT2D eigenvalue weighted by atomic mass is 16.3. The average Bonchev–Trinajstić information content (AvgIpc) is 3.05. The molecule has 0 fully saturated rings. The van der Waals surface area contributed by atoms with Gasteiger partial charge in [-0.15, -0.1) is 0 Å². The molecular weight excluding hydrogens is 224 g/mol. The van der Waals surface area contributed by atoms with Crippen LogP contribution < -0.4 is 0 Å². The molecule has 3 heteroatoms. The van der Waals surface area contributed by atoms with E-state index in [-0.39, 0.29) is 0 Å². The van der Waals surface area contributed by atoms with Gasteiger partial charge in [0.25, 0.3) is 0 Å². The summed E-state index contributed by atoms with van der Waals surface area (Å²) in [4.78, 5) is 4.08. The Hall–Kier alpha value is -2.55. The van der Waals surface area contributed by atoms with Gasteiger partial charge < -0.3 is 8.98 Å². The molecule has 0 unspecified atom stereocenters. The van der Waals surface area contributed by atoms with E-state index in [1.165, 1.54) is 0 Å². The van der Waals surface area contributed by atoms with Crippen LogP contribution in [0.3, 0.4) is 0 Å². The molecule has 2 heterocycles. The third-order valence-corrected chi connectivity index (χ3v) is 3.17. The summed E-state index contributed by atoms with van der Waals surface area (Å²) in [6, 6.07) is 14.3. The number of benzene rings is 2. The summed E-state index contributed by atoms with van der Waals surface area (Å²) in [5, 5.41) is 2.28. The van der Waals surface area contributed by atoms with E-state index in [0.717, 1.165) is 27.6 Å². The lowest BCUT2D eigenvalue weighted by atomic mass is 10.1. The zero-order valence-corrected chi connectivity index (χ0v) is 9.58. The van der Waals surface area contributed by atoms with Crippen LogP contribution in [0.5, 0.6) is 0 Å². The molecule has 18 heavy (non-hydrogen) atoms. The van der Waals surface area contributed by atoms with Crippen LogP contribution in [0.15, 0.2) is 65.6 Å². The molecule has 0 aliphatic carbocycles. The van der Waals surface area contributed by atoms with Gasteiger partial charge in [-0.3, -0.25) is 0 Å². The van der Waals surface area contributed by atoms with Gasteiger partial charge in [0.15, 0.2) is 5.58 Å². The number of imidazole rings is 1. The van der Waals surface area contributed by atoms with E-state index in [0.29, 0.717) is 0 Å². The van der Waals surface area contributed by atoms with Crippen molar-refractivity contribution in [2.75, 3.05) is 0 Å². The molecule has 0 saturated carbocycles. The fourth-order valence-electron chi connectivity index (χ4n) is 2.34. The van der Waals surface area contributed by atoms with Gasteiger partial charge in [-0.1, -0.05) is 30.3 Å². The Balaban J connectivity index is 2.17. The fourth-order valence-corrected chi connectivity index (χ4v) is 2.34. The van der Waals surface area contributed by atoms with Crippen LogP contribution in [-0.2, 0) is 0 Å². The molecule has 0 radical (unpaired) electrons. The topological polar surface area (TPSA) is 31.0 Å². The standard InChI is InChI=1S/C15H10N2O/c1-2-7-14-11(4-1)12-5-3-6-13(15(12)18-14)17-9-8-16-10-17/h1-10H. The molecule has 0 aliphatic heterocycles. The maximum atomic E-state index is 5.96. The van der Waals surface area contributed by atoms with E-state index >= 15 is 0 Å². The Morgan fingerprint density at radius 2 is 1.83 bits per heavy atom. The first-order chi connectivity index (χ1) is 8.93. The van der Waals surface area contributed by atoms with Crippen molar-refractivity contribution in [2.24, 2.45) is 0 Å². The van der Waals surface area contributed by atoms with Crippen LogP contribution in [0.25, 0.3) is 27.6 Å². The zero-order chi connectivity index (χ0) is 11.9. The lowest BCUT2D eigenvalue weighted by Gasteiger charge is -2.01. The molecule has 0 saturated heterocycles. The van der Waals surface area contributed by atoms with Crippen LogP contribution >= 0.6 is 0 Å². The maximum Gasteiger partial charge on any atom is 0.159 e. The van der Waals surface area contributed by atoms with Crippen molar-refractivity contribution in [3.05, 3.63) is 61.2 Å². The molecular formula is C15H10N2O. The summed E-state index contributed by atoms with van der Waals surface area (Å²) in [7, 11) is 0. The highest BCUT2D eigenvalue weighted by Gasteiger charge is 2.10. The Labute approximate surface area is 103 Å². The third kappa shape index (κ3) is 1.21. The van der Waals surface area contributed by atoms with Crippen molar-refractivity contribution >= 4 is 21.9 Å². The maximum absolute atomic E-state index is 5.96. The Morgan fingerprint density at radius 3 is 2.72 bits per heavy atom. The van der Waals surface area contributed by atoms with Gasteiger partial charge >= 0.3 is 0 Å². The second kappa shape index (κ2) is 3.47. The number of furan rings is 1. The Bertz CT molecular complexity index is 828. The summed E-state index contributed by atoms with van der Waals surface area (Å²) in [6.07, 6.45) is 5.46. The van der Waals surface area contributed by atoms with Gasteiger partial charge in [0, 0.05) is 23.2 Å². The third-order valence-electron chi connectivity index (χ3n) is 3.17. The van der Waals surface area contributed by atoms with Crippen LogP contribution in [0.2, 0.25) is 0 Å². The minimum atomic E-state index is 0.900. The highest BCUT2D eigenvalue weighted by molar-refractivity contribution is 6.07. The van der Waals surface area contributed by atoms with Crippen LogP contribution in [0.1, 0.15) is 0 Å². The summed E-state index contributed by atoms with van der Waals surface area (Å²) in [5.41, 5.74) is 2.83. The quantitative estimate of drug-likeness (QED) is 0.502. The summed E-state index contributed by atoms with van der Waals surface area (Å²) in [5.74, 6) is 0. The minimum absolute atomic E-state index is 0.900. The van der Waals surface area contributed by atoms with E-state index < -0.39 is 0 Å². The molecule has 4 rings (SSSR count). The van der Waals surface area contributed by atoms with Crippen LogP contribution in [-0.4, -0.2) is 9.55 Å². The number of para-hydroxylation sites is 2. The predicted octanol–water partition coefficient (Wildman–Crippen LogP) is 3.77. The van der Waals surface area contributed by atoms with E-state index in [9.17, 15) is 0 Å². The Morgan fingerprint density at radius 1 is 0.944 bits per heavy atom. The molecule has 0 atom stereocenters. The van der Waals surface area contributed by atoms with E-state index in [4.69, 9.17) is 4.42 Å². The van der Waals surface area contributed by atoms with Gasteiger partial charge in [0.1, 0.15) is 5.58 Å². The molecule has 0 aliphatic rings. The van der Waals surface area contributed by atoms with Gasteiger partial charge in [-0.2, -0.15) is 0 Å². The molecule has 86 valence electrons. The van der Waals surface area contributed by atoms with Gasteiger partial charge in [-0.05, 0) is 12.1 Å². The molecule has 0 N–H and O–H groups in total. The van der Waals surface area contributed by atoms with E-state index in [1.807, 2.05) is 41.1 Å². The van der Waals surface area contributed by atoms with Crippen LogP contribution in [0, 0.1) is 0 Å². The number of fused-ring (bicyclic) bond motifs is 3. The molecule has 0 spiro atoms. The first-order valence-electron chi connectivity index (χ1n) is 5.82. The number of nitrogens with zero attached hydrogens (tertiary/aromatic N) is 2. The number of hydrogen-bond donors (Lipinski definition) is 0. The second-order valence-corrected chi connectivity index (χ2v) is 4.22. The zero-order valence-electron chi connectivity index (χ0n) is 9.58. The van der Waals surface area contributed by atoms with Crippen LogP contribution in [0.4, 0.5) is 0 Å². The lowest BCUT2D eigenvalue weighted by molar-refractivity contribution is 0.665. The predicted molar refractivity (Wildman–Crippen MR) is 70.8 cm³/mol. The van der Waals surface area contributed by atoms with E-state index in [1.54, 1.807) is 12.5 Å². The largest absolute Gasteiger partial charge is 0.454 e. The van der Waals surface area contributed by atoms with Crippen molar-refractivity contribution in [2.45, 2.75) is 0 Å². The first kappa shape index (κ1) is 9.48. The number of rotatable bonds is 1. The normalized spacial score (nSPS) is 11.3. The van der Waals surface area contributed by atoms with Crippen molar-refractivity contribution in [1.82, 2.24) is 9.55 Å². The molecule has 0 bridgehead atoms. The van der Waals surface area contributed by atoms with E-state index in [2.05, 4.69) is 17.1 Å². The number of hydrogen-bond acceptors (Lipinski definition) is 2. The van der Waals surface area contributed by atoms with Crippen molar-refractivity contribution in [1.29, 1.82) is 0 Å². The van der Waals surface area contributed by atoms with Crippen molar-refractivity contribution in [3.8, 4) is 5.69 Å².